The van der Waals surface area contributed by atoms with Crippen molar-refractivity contribution in [2.45, 2.75) is 54.3 Å². The lowest BCUT2D eigenvalue weighted by Crippen LogP contribution is -2.62. The van der Waals surface area contributed by atoms with Crippen molar-refractivity contribution in [1.82, 2.24) is 0 Å². The number of benzene rings is 7. The second kappa shape index (κ2) is 13.2. The van der Waals surface area contributed by atoms with Gasteiger partial charge in [0, 0.05) is 51.2 Å². The maximum absolute atomic E-state index is 2.56. The maximum atomic E-state index is 2.56. The zero-order chi connectivity index (χ0) is 38.2. The van der Waals surface area contributed by atoms with Crippen molar-refractivity contribution in [3.05, 3.63) is 173 Å². The number of rotatable bonds is 6. The summed E-state index contributed by atoms with van der Waals surface area (Å²) in [5.41, 5.74) is 21.2. The fourth-order valence-electron chi connectivity index (χ4n) is 8.46. The van der Waals surface area contributed by atoms with Gasteiger partial charge in [0.1, 0.15) is 0 Å². The van der Waals surface area contributed by atoms with E-state index >= 15 is 0 Å². The van der Waals surface area contributed by atoms with E-state index in [2.05, 4.69) is 215 Å². The minimum absolute atomic E-state index is 0.0650. The van der Waals surface area contributed by atoms with Gasteiger partial charge in [-0.1, -0.05) is 119 Å². The standard InChI is InChI=1S/C50H48BN3Si/c1-33-9-18-38(19-10-33)52(39-20-11-34(2)12-21-39)42-26-27-44-47(30-42)54(41-24-15-36(4)16-25-41)49-32-43(55(6,7)8)31-48-50(49)51(44)45-29-37(5)17-28-46(45)53(48)40-22-13-35(3)14-23-40/h9-32H,1-8H3. The molecule has 5 heteroatoms. The van der Waals surface area contributed by atoms with Crippen molar-refractivity contribution < 1.29 is 0 Å². The lowest BCUT2D eigenvalue weighted by molar-refractivity contribution is 1.23. The van der Waals surface area contributed by atoms with Crippen LogP contribution in [0.4, 0.5) is 51.2 Å². The quantitative estimate of drug-likeness (QED) is 0.158. The van der Waals surface area contributed by atoms with Gasteiger partial charge in [-0.25, -0.2) is 0 Å². The van der Waals surface area contributed by atoms with Crippen molar-refractivity contribution in [3.63, 3.8) is 0 Å². The molecule has 0 aromatic heterocycles. The number of anilines is 9. The Morgan fingerprint density at radius 1 is 0.400 bits per heavy atom. The first kappa shape index (κ1) is 35.0. The summed E-state index contributed by atoms with van der Waals surface area (Å²) >= 11 is 0. The highest BCUT2D eigenvalue weighted by Crippen LogP contribution is 2.46. The normalized spacial score (nSPS) is 13.0. The van der Waals surface area contributed by atoms with E-state index < -0.39 is 8.07 Å². The summed E-state index contributed by atoms with van der Waals surface area (Å²) in [4.78, 5) is 7.51. The third-order valence-electron chi connectivity index (χ3n) is 11.5. The molecule has 2 aliphatic heterocycles. The highest BCUT2D eigenvalue weighted by atomic mass is 28.3. The first-order valence-corrected chi connectivity index (χ1v) is 23.0. The van der Waals surface area contributed by atoms with E-state index in [1.807, 2.05) is 0 Å². The molecule has 0 saturated heterocycles. The molecule has 0 atom stereocenters. The summed E-state index contributed by atoms with van der Waals surface area (Å²) in [7, 11) is -1.80. The molecule has 7 aromatic carbocycles. The first-order chi connectivity index (χ1) is 26.4. The van der Waals surface area contributed by atoms with Crippen molar-refractivity contribution in [3.8, 4) is 0 Å². The van der Waals surface area contributed by atoms with Crippen LogP contribution < -0.4 is 36.3 Å². The van der Waals surface area contributed by atoms with Crippen LogP contribution in [0, 0.1) is 34.6 Å². The summed E-state index contributed by atoms with van der Waals surface area (Å²) < 4.78 is 0. The highest BCUT2D eigenvalue weighted by molar-refractivity contribution is 7.00. The number of hydrogen-bond donors (Lipinski definition) is 0. The van der Waals surface area contributed by atoms with Gasteiger partial charge in [-0.2, -0.15) is 0 Å². The number of hydrogen-bond acceptors (Lipinski definition) is 3. The Bertz CT molecular complexity index is 2520. The summed E-state index contributed by atoms with van der Waals surface area (Å²) in [5.74, 6) is 0. The van der Waals surface area contributed by atoms with Gasteiger partial charge in [0.2, 0.25) is 0 Å². The van der Waals surface area contributed by atoms with Gasteiger partial charge in [-0.15, -0.1) is 0 Å². The van der Waals surface area contributed by atoms with E-state index in [1.54, 1.807) is 0 Å². The minimum atomic E-state index is -1.80. The molecule has 0 spiro atoms. The molecule has 3 nitrogen and oxygen atoms in total. The van der Waals surface area contributed by atoms with Gasteiger partial charge in [-0.05, 0) is 130 Å². The highest BCUT2D eigenvalue weighted by Gasteiger charge is 2.44. The van der Waals surface area contributed by atoms with E-state index in [0.717, 1.165) is 17.1 Å². The Balaban J connectivity index is 1.37. The van der Waals surface area contributed by atoms with E-state index in [0.29, 0.717) is 0 Å². The summed E-state index contributed by atoms with van der Waals surface area (Å²) in [6, 6.07) is 55.3. The molecule has 0 bridgehead atoms. The Morgan fingerprint density at radius 2 is 0.836 bits per heavy atom. The summed E-state index contributed by atoms with van der Waals surface area (Å²) in [6.45, 7) is 18.4. The van der Waals surface area contributed by atoms with E-state index in [1.165, 1.54) is 83.5 Å². The van der Waals surface area contributed by atoms with Gasteiger partial charge in [-0.3, -0.25) is 0 Å². The summed E-state index contributed by atoms with van der Waals surface area (Å²) in [6.07, 6.45) is 0. The average Bonchev–Trinajstić information content (AvgIpc) is 3.17. The Kier molecular flexibility index (Phi) is 8.40. The SMILES string of the molecule is Cc1ccc(N(c2ccc(C)cc2)c2ccc3c(c2)N(c2ccc(C)cc2)c2cc([Si](C)(C)C)cc4c2B3c2cc(C)ccc2N4c2ccc(C)cc2)cc1. The van der Waals surface area contributed by atoms with Crippen LogP contribution in [0.25, 0.3) is 0 Å². The number of nitrogens with zero attached hydrogens (tertiary/aromatic N) is 3. The second-order valence-corrected chi connectivity index (χ2v) is 21.8. The molecule has 0 saturated carbocycles. The van der Waals surface area contributed by atoms with Gasteiger partial charge < -0.3 is 14.7 Å². The van der Waals surface area contributed by atoms with E-state index in [9.17, 15) is 0 Å². The van der Waals surface area contributed by atoms with Crippen LogP contribution in [0.5, 0.6) is 0 Å². The Hall–Kier alpha value is -5.78. The van der Waals surface area contributed by atoms with Gasteiger partial charge in [0.25, 0.3) is 6.71 Å². The predicted molar refractivity (Wildman–Crippen MR) is 242 cm³/mol. The van der Waals surface area contributed by atoms with E-state index in [-0.39, 0.29) is 6.71 Å². The third kappa shape index (κ3) is 6.08. The van der Waals surface area contributed by atoms with Crippen LogP contribution in [0.1, 0.15) is 27.8 Å². The third-order valence-corrected chi connectivity index (χ3v) is 13.5. The number of fused-ring (bicyclic) bond motifs is 4. The molecule has 0 aliphatic carbocycles. The predicted octanol–water partition coefficient (Wildman–Crippen LogP) is 11.3. The largest absolute Gasteiger partial charge is 0.311 e. The average molecular weight is 730 g/mol. The molecule has 55 heavy (non-hydrogen) atoms. The Labute approximate surface area is 328 Å². The van der Waals surface area contributed by atoms with E-state index in [4.69, 9.17) is 0 Å². The van der Waals surface area contributed by atoms with Crippen LogP contribution >= 0.6 is 0 Å². The molecule has 9 rings (SSSR count). The van der Waals surface area contributed by atoms with Crippen LogP contribution in [0.3, 0.4) is 0 Å². The van der Waals surface area contributed by atoms with Gasteiger partial charge in [0.15, 0.2) is 0 Å². The molecule has 270 valence electrons. The fourth-order valence-corrected chi connectivity index (χ4v) is 9.60. The topological polar surface area (TPSA) is 9.72 Å². The zero-order valence-corrected chi connectivity index (χ0v) is 34.3. The first-order valence-electron chi connectivity index (χ1n) is 19.5. The fraction of sp³-hybridized carbons (Fsp3) is 0.160. The lowest BCUT2D eigenvalue weighted by Gasteiger charge is -2.45. The smallest absolute Gasteiger partial charge is 0.252 e. The molecule has 2 heterocycles. The van der Waals surface area contributed by atoms with Crippen molar-refractivity contribution in [2.24, 2.45) is 0 Å². The van der Waals surface area contributed by atoms with Crippen molar-refractivity contribution in [2.75, 3.05) is 14.7 Å². The monoisotopic (exact) mass is 729 g/mol. The molecular formula is C50H48BN3Si. The molecular weight excluding hydrogens is 681 g/mol. The molecule has 7 aromatic rings. The molecule has 0 fully saturated rings. The van der Waals surface area contributed by atoms with Crippen LogP contribution in [0.2, 0.25) is 19.6 Å². The molecule has 0 unspecified atom stereocenters. The van der Waals surface area contributed by atoms with Crippen molar-refractivity contribution in [1.29, 1.82) is 0 Å². The van der Waals surface area contributed by atoms with Crippen LogP contribution in [-0.2, 0) is 0 Å². The zero-order valence-electron chi connectivity index (χ0n) is 33.3. The molecule has 0 radical (unpaired) electrons. The lowest BCUT2D eigenvalue weighted by atomic mass is 9.33. The Morgan fingerprint density at radius 3 is 1.33 bits per heavy atom. The number of aryl methyl sites for hydroxylation is 5. The van der Waals surface area contributed by atoms with Crippen LogP contribution in [0.15, 0.2) is 146 Å². The molecule has 0 N–H and O–H groups in total. The summed E-state index contributed by atoms with van der Waals surface area (Å²) in [5, 5.41) is 1.45. The maximum Gasteiger partial charge on any atom is 0.252 e. The van der Waals surface area contributed by atoms with Crippen LogP contribution in [-0.4, -0.2) is 14.8 Å². The van der Waals surface area contributed by atoms with Gasteiger partial charge >= 0.3 is 0 Å². The molecule has 0 amide bonds. The van der Waals surface area contributed by atoms with Gasteiger partial charge in [0.05, 0.1) is 8.07 Å². The van der Waals surface area contributed by atoms with Crippen molar-refractivity contribution >= 4 is 87.5 Å². The molecule has 2 aliphatic rings. The second-order valence-electron chi connectivity index (χ2n) is 16.8. The minimum Gasteiger partial charge on any atom is -0.311 e.